The lowest BCUT2D eigenvalue weighted by atomic mass is 10.2. The topological polar surface area (TPSA) is 58.9 Å². The predicted octanol–water partition coefficient (Wildman–Crippen LogP) is 2.36. The van der Waals surface area contributed by atoms with E-state index < -0.39 is 4.92 Å². The van der Waals surface area contributed by atoms with Crippen molar-refractivity contribution in [2.45, 2.75) is 5.03 Å². The van der Waals surface area contributed by atoms with Gasteiger partial charge in [0.25, 0.3) is 5.69 Å². The molecule has 0 atom stereocenters. The summed E-state index contributed by atoms with van der Waals surface area (Å²) in [6, 6.07) is 6.41. The average Bonchev–Trinajstić information content (AvgIpc) is 2.42. The molecule has 1 aromatic heterocycles. The number of nitrogens with one attached hydrogen (secondary N) is 1. The zero-order chi connectivity index (χ0) is 9.42. The van der Waals surface area contributed by atoms with Crippen molar-refractivity contribution in [3.8, 4) is 0 Å². The van der Waals surface area contributed by atoms with Crippen molar-refractivity contribution in [1.82, 2.24) is 4.98 Å². The Bertz CT molecular complexity index is 478. The number of nitrogens with zero attached hydrogens (tertiary/aromatic N) is 1. The van der Waals surface area contributed by atoms with Crippen molar-refractivity contribution in [2.75, 3.05) is 0 Å². The summed E-state index contributed by atoms with van der Waals surface area (Å²) >= 11 is 4.10. The van der Waals surface area contributed by atoms with Crippen LogP contribution in [0.1, 0.15) is 0 Å². The average molecular weight is 194 g/mol. The largest absolute Gasteiger partial charge is 0.350 e. The number of aromatic nitrogens is 1. The minimum absolute atomic E-state index is 0.0971. The molecule has 0 fully saturated rings. The zero-order valence-electron chi connectivity index (χ0n) is 6.52. The second-order valence-electron chi connectivity index (χ2n) is 2.68. The summed E-state index contributed by atoms with van der Waals surface area (Å²) in [6.45, 7) is 0. The summed E-state index contributed by atoms with van der Waals surface area (Å²) in [5, 5.41) is 11.9. The summed E-state index contributed by atoms with van der Waals surface area (Å²) in [5.41, 5.74) is 0.954. The van der Waals surface area contributed by atoms with Gasteiger partial charge in [0, 0.05) is 23.0 Å². The maximum absolute atomic E-state index is 10.4. The molecule has 2 aromatic rings. The van der Waals surface area contributed by atoms with Crippen LogP contribution in [0.2, 0.25) is 0 Å². The van der Waals surface area contributed by atoms with Gasteiger partial charge in [0.2, 0.25) is 0 Å². The van der Waals surface area contributed by atoms with Crippen LogP contribution in [0.4, 0.5) is 5.69 Å². The number of fused-ring (bicyclic) bond motifs is 1. The highest BCUT2D eigenvalue weighted by Crippen LogP contribution is 2.22. The Morgan fingerprint density at radius 1 is 1.38 bits per heavy atom. The van der Waals surface area contributed by atoms with Gasteiger partial charge in [-0.05, 0) is 12.1 Å². The van der Waals surface area contributed by atoms with Gasteiger partial charge in [-0.1, -0.05) is 0 Å². The van der Waals surface area contributed by atoms with Crippen molar-refractivity contribution in [1.29, 1.82) is 0 Å². The quantitative estimate of drug-likeness (QED) is 0.416. The van der Waals surface area contributed by atoms with Crippen molar-refractivity contribution in [3.05, 3.63) is 34.4 Å². The Hall–Kier alpha value is -1.49. The van der Waals surface area contributed by atoms with E-state index in [1.807, 2.05) is 0 Å². The number of hydrogen-bond donors (Lipinski definition) is 2. The number of thiol groups is 1. The molecule has 0 radical (unpaired) electrons. The third kappa shape index (κ3) is 1.38. The molecule has 0 unspecified atom stereocenters. The lowest BCUT2D eigenvalue weighted by Gasteiger charge is -1.90. The lowest BCUT2D eigenvalue weighted by Crippen LogP contribution is -1.86. The summed E-state index contributed by atoms with van der Waals surface area (Å²) < 4.78 is 0. The fraction of sp³-hybridized carbons (Fsp3) is 0. The van der Waals surface area contributed by atoms with Crippen molar-refractivity contribution in [3.63, 3.8) is 0 Å². The van der Waals surface area contributed by atoms with Gasteiger partial charge in [-0.2, -0.15) is 0 Å². The van der Waals surface area contributed by atoms with Crippen LogP contribution in [0, 0.1) is 10.1 Å². The van der Waals surface area contributed by atoms with Gasteiger partial charge in [0.1, 0.15) is 0 Å². The molecular weight excluding hydrogens is 188 g/mol. The highest BCUT2D eigenvalue weighted by molar-refractivity contribution is 7.80. The fourth-order valence-electron chi connectivity index (χ4n) is 1.22. The number of benzene rings is 1. The maximum Gasteiger partial charge on any atom is 0.270 e. The second kappa shape index (κ2) is 2.77. The first-order chi connectivity index (χ1) is 6.16. The van der Waals surface area contributed by atoms with Crippen LogP contribution in [-0.2, 0) is 0 Å². The molecule has 0 bridgehead atoms. The van der Waals surface area contributed by atoms with Gasteiger partial charge in [0.05, 0.1) is 9.95 Å². The molecule has 0 aliphatic carbocycles. The SMILES string of the molecule is O=[N+]([O-])c1ccc2[nH]c(S)cc2c1. The third-order valence-electron chi connectivity index (χ3n) is 1.80. The number of aromatic amines is 1. The van der Waals surface area contributed by atoms with Crippen LogP contribution < -0.4 is 0 Å². The molecule has 0 amide bonds. The molecule has 13 heavy (non-hydrogen) atoms. The zero-order valence-corrected chi connectivity index (χ0v) is 7.41. The van der Waals surface area contributed by atoms with E-state index in [4.69, 9.17) is 0 Å². The molecule has 2 rings (SSSR count). The molecule has 1 heterocycles. The van der Waals surface area contributed by atoms with Crippen LogP contribution in [0.15, 0.2) is 29.3 Å². The fourth-order valence-corrected chi connectivity index (χ4v) is 1.48. The van der Waals surface area contributed by atoms with Crippen LogP contribution in [-0.4, -0.2) is 9.91 Å². The molecule has 0 saturated heterocycles. The van der Waals surface area contributed by atoms with Gasteiger partial charge in [-0.25, -0.2) is 0 Å². The minimum Gasteiger partial charge on any atom is -0.350 e. The van der Waals surface area contributed by atoms with E-state index >= 15 is 0 Å². The third-order valence-corrected chi connectivity index (χ3v) is 2.04. The standard InChI is InChI=1S/C8H6N2O2S/c11-10(12)6-1-2-7-5(3-6)4-8(13)9-7/h1-4,9,13H. The molecule has 1 N–H and O–H groups in total. The normalized spacial score (nSPS) is 10.5. The Kier molecular flexibility index (Phi) is 1.73. The highest BCUT2D eigenvalue weighted by atomic mass is 32.1. The molecule has 0 aliphatic heterocycles. The molecule has 0 aliphatic rings. The molecule has 5 heteroatoms. The minimum atomic E-state index is -0.412. The summed E-state index contributed by atoms with van der Waals surface area (Å²) in [5.74, 6) is 0. The van der Waals surface area contributed by atoms with Crippen molar-refractivity contribution < 1.29 is 4.92 Å². The van der Waals surface area contributed by atoms with Gasteiger partial charge >= 0.3 is 0 Å². The first-order valence-corrected chi connectivity index (χ1v) is 4.07. The number of H-pyrrole nitrogens is 1. The second-order valence-corrected chi connectivity index (χ2v) is 3.17. The number of rotatable bonds is 1. The van der Waals surface area contributed by atoms with E-state index in [-0.39, 0.29) is 5.69 Å². The first-order valence-electron chi connectivity index (χ1n) is 3.63. The first kappa shape index (κ1) is 8.12. The van der Waals surface area contributed by atoms with Gasteiger partial charge in [-0.3, -0.25) is 10.1 Å². The predicted molar refractivity (Wildman–Crippen MR) is 52.2 cm³/mol. The van der Waals surface area contributed by atoms with Crippen LogP contribution in [0.5, 0.6) is 0 Å². The molecular formula is C8H6N2O2S. The van der Waals surface area contributed by atoms with E-state index in [0.29, 0.717) is 5.03 Å². The van der Waals surface area contributed by atoms with E-state index in [1.165, 1.54) is 12.1 Å². The highest BCUT2D eigenvalue weighted by Gasteiger charge is 2.06. The van der Waals surface area contributed by atoms with Crippen molar-refractivity contribution in [2.24, 2.45) is 0 Å². The Morgan fingerprint density at radius 3 is 2.85 bits per heavy atom. The van der Waals surface area contributed by atoms with Crippen LogP contribution in [0.25, 0.3) is 10.9 Å². The number of hydrogen-bond acceptors (Lipinski definition) is 3. The number of non-ortho nitro benzene ring substituents is 1. The summed E-state index contributed by atoms with van der Waals surface area (Å²) in [6.07, 6.45) is 0. The molecule has 1 aromatic carbocycles. The van der Waals surface area contributed by atoms with Gasteiger partial charge < -0.3 is 4.98 Å². The van der Waals surface area contributed by atoms with Crippen LogP contribution >= 0.6 is 12.6 Å². The Balaban J connectivity index is 2.67. The summed E-state index contributed by atoms with van der Waals surface area (Å²) in [7, 11) is 0. The molecule has 66 valence electrons. The number of nitro groups is 1. The maximum atomic E-state index is 10.4. The van der Waals surface area contributed by atoms with Gasteiger partial charge in [0.15, 0.2) is 0 Å². The van der Waals surface area contributed by atoms with Crippen molar-refractivity contribution >= 4 is 29.2 Å². The van der Waals surface area contributed by atoms with E-state index in [9.17, 15) is 10.1 Å². The summed E-state index contributed by atoms with van der Waals surface area (Å²) in [4.78, 5) is 13.0. The van der Waals surface area contributed by atoms with E-state index in [0.717, 1.165) is 10.9 Å². The Morgan fingerprint density at radius 2 is 2.15 bits per heavy atom. The van der Waals surface area contributed by atoms with E-state index in [2.05, 4.69) is 17.6 Å². The van der Waals surface area contributed by atoms with E-state index in [1.54, 1.807) is 12.1 Å². The lowest BCUT2D eigenvalue weighted by molar-refractivity contribution is -0.384. The van der Waals surface area contributed by atoms with Crippen LogP contribution in [0.3, 0.4) is 0 Å². The Labute approximate surface area is 79.1 Å². The smallest absolute Gasteiger partial charge is 0.270 e. The monoisotopic (exact) mass is 194 g/mol. The van der Waals surface area contributed by atoms with Gasteiger partial charge in [-0.15, -0.1) is 12.6 Å². The number of nitro benzene ring substituents is 1. The molecule has 0 spiro atoms. The molecule has 0 saturated carbocycles. The molecule has 4 nitrogen and oxygen atoms in total.